The van der Waals surface area contributed by atoms with Crippen molar-refractivity contribution in [3.63, 3.8) is 0 Å². The lowest BCUT2D eigenvalue weighted by molar-refractivity contribution is -0.138. The smallest absolute Gasteiger partial charge is 0.327 e. The Bertz CT molecular complexity index is 627. The molecule has 1 aromatic carbocycles. The third kappa shape index (κ3) is 7.03. The predicted octanol–water partition coefficient (Wildman–Crippen LogP) is 3.83. The number of carboxylic acid groups (broad SMARTS) is 1. The number of hydrogen-bond donors (Lipinski definition) is 1. The maximum atomic E-state index is 10.7. The number of aromatic nitrogens is 4. The average molecular weight is 344 g/mol. The van der Waals surface area contributed by atoms with Crippen LogP contribution < -0.4 is 0 Å². The number of unbranched alkanes of at least 4 members (excludes halogenated alkanes) is 5. The number of hydrogen-bond acceptors (Lipinski definition) is 4. The minimum atomic E-state index is -0.962. The fraction of sp³-hybridized carbons (Fsp3) is 0.579. The molecular formula is C19H28N4O2. The number of nitrogens with zero attached hydrogens (tertiary/aromatic N) is 4. The molecule has 0 saturated carbocycles. The molecule has 1 aromatic heterocycles. The number of aliphatic carboxylic acids is 1. The molecule has 1 unspecified atom stereocenters. The fourth-order valence-electron chi connectivity index (χ4n) is 3.05. The van der Waals surface area contributed by atoms with Crippen molar-refractivity contribution in [1.82, 2.24) is 20.2 Å². The molecule has 0 bridgehead atoms. The van der Waals surface area contributed by atoms with E-state index >= 15 is 0 Å². The zero-order chi connectivity index (χ0) is 17.9. The zero-order valence-corrected chi connectivity index (χ0v) is 15.0. The van der Waals surface area contributed by atoms with Crippen molar-refractivity contribution in [2.24, 2.45) is 0 Å². The molecule has 0 aliphatic carbocycles. The SMILES string of the molecule is CCCCCCCCC(Cc1nnn(CC(=O)O)n1)c1ccccc1. The number of rotatable bonds is 12. The van der Waals surface area contributed by atoms with Gasteiger partial charge in [-0.3, -0.25) is 4.79 Å². The van der Waals surface area contributed by atoms with Crippen LogP contribution in [0.3, 0.4) is 0 Å². The van der Waals surface area contributed by atoms with Gasteiger partial charge in [0, 0.05) is 6.42 Å². The third-order valence-corrected chi connectivity index (χ3v) is 4.38. The van der Waals surface area contributed by atoms with E-state index in [0.29, 0.717) is 18.2 Å². The van der Waals surface area contributed by atoms with E-state index in [2.05, 4.69) is 46.6 Å². The first-order valence-corrected chi connectivity index (χ1v) is 9.22. The molecule has 0 radical (unpaired) electrons. The molecule has 2 aromatic rings. The van der Waals surface area contributed by atoms with Crippen LogP contribution in [0, 0.1) is 0 Å². The lowest BCUT2D eigenvalue weighted by atomic mass is 9.90. The highest BCUT2D eigenvalue weighted by molar-refractivity contribution is 5.66. The van der Waals surface area contributed by atoms with Gasteiger partial charge < -0.3 is 5.11 Å². The molecule has 0 fully saturated rings. The van der Waals surface area contributed by atoms with Crippen LogP contribution in [0.15, 0.2) is 30.3 Å². The number of tetrazole rings is 1. The molecule has 136 valence electrons. The Morgan fingerprint density at radius 1 is 1.12 bits per heavy atom. The van der Waals surface area contributed by atoms with Crippen molar-refractivity contribution in [3.8, 4) is 0 Å². The summed E-state index contributed by atoms with van der Waals surface area (Å²) in [4.78, 5) is 11.9. The highest BCUT2D eigenvalue weighted by Crippen LogP contribution is 2.25. The molecule has 1 N–H and O–H groups in total. The Morgan fingerprint density at radius 3 is 2.56 bits per heavy atom. The van der Waals surface area contributed by atoms with E-state index in [1.54, 1.807) is 0 Å². The van der Waals surface area contributed by atoms with E-state index in [1.165, 1.54) is 44.1 Å². The quantitative estimate of drug-likeness (QED) is 0.592. The van der Waals surface area contributed by atoms with E-state index in [0.717, 1.165) is 11.2 Å². The van der Waals surface area contributed by atoms with Gasteiger partial charge in [0.1, 0.15) is 0 Å². The molecule has 0 amide bonds. The summed E-state index contributed by atoms with van der Waals surface area (Å²) in [5, 5.41) is 20.9. The highest BCUT2D eigenvalue weighted by Gasteiger charge is 2.16. The summed E-state index contributed by atoms with van der Waals surface area (Å²) >= 11 is 0. The van der Waals surface area contributed by atoms with E-state index in [4.69, 9.17) is 5.11 Å². The Morgan fingerprint density at radius 2 is 1.84 bits per heavy atom. The molecular weight excluding hydrogens is 316 g/mol. The predicted molar refractivity (Wildman–Crippen MR) is 96.3 cm³/mol. The van der Waals surface area contributed by atoms with Gasteiger partial charge in [-0.1, -0.05) is 75.8 Å². The van der Waals surface area contributed by atoms with Gasteiger partial charge in [-0.05, 0) is 23.1 Å². The molecule has 6 nitrogen and oxygen atoms in total. The van der Waals surface area contributed by atoms with Gasteiger partial charge in [0.15, 0.2) is 12.4 Å². The maximum Gasteiger partial charge on any atom is 0.327 e. The number of benzene rings is 1. The van der Waals surface area contributed by atoms with Crippen LogP contribution in [-0.4, -0.2) is 31.3 Å². The minimum Gasteiger partial charge on any atom is -0.480 e. The summed E-state index contributed by atoms with van der Waals surface area (Å²) in [5.74, 6) is -0.00780. The molecule has 0 aliphatic rings. The second-order valence-corrected chi connectivity index (χ2v) is 6.50. The summed E-state index contributed by atoms with van der Waals surface area (Å²) in [5.41, 5.74) is 1.28. The van der Waals surface area contributed by atoms with Crippen molar-refractivity contribution in [3.05, 3.63) is 41.7 Å². The van der Waals surface area contributed by atoms with Gasteiger partial charge >= 0.3 is 5.97 Å². The highest BCUT2D eigenvalue weighted by atomic mass is 16.4. The first kappa shape index (κ1) is 19.1. The Hall–Kier alpha value is -2.24. The van der Waals surface area contributed by atoms with Gasteiger partial charge in [0.2, 0.25) is 0 Å². The van der Waals surface area contributed by atoms with Crippen LogP contribution >= 0.6 is 0 Å². The van der Waals surface area contributed by atoms with E-state index < -0.39 is 5.97 Å². The van der Waals surface area contributed by atoms with Crippen LogP contribution in [0.2, 0.25) is 0 Å². The summed E-state index contributed by atoms with van der Waals surface area (Å²) in [6.45, 7) is 1.98. The van der Waals surface area contributed by atoms with Crippen molar-refractivity contribution >= 4 is 5.97 Å². The maximum absolute atomic E-state index is 10.7. The lowest BCUT2D eigenvalue weighted by Gasteiger charge is -2.15. The first-order valence-electron chi connectivity index (χ1n) is 9.22. The normalized spacial score (nSPS) is 12.2. The summed E-state index contributed by atoms with van der Waals surface area (Å²) < 4.78 is 0. The van der Waals surface area contributed by atoms with Gasteiger partial charge in [-0.2, -0.15) is 4.80 Å². The number of carboxylic acids is 1. The van der Waals surface area contributed by atoms with Gasteiger partial charge in [-0.15, -0.1) is 10.2 Å². The topological polar surface area (TPSA) is 80.9 Å². The fourth-order valence-corrected chi connectivity index (χ4v) is 3.05. The summed E-state index contributed by atoms with van der Waals surface area (Å²) in [7, 11) is 0. The minimum absolute atomic E-state index is 0.250. The van der Waals surface area contributed by atoms with Crippen LogP contribution in [0.5, 0.6) is 0 Å². The Kier molecular flexibility index (Phi) is 8.09. The van der Waals surface area contributed by atoms with Crippen LogP contribution in [-0.2, 0) is 17.8 Å². The molecule has 25 heavy (non-hydrogen) atoms. The van der Waals surface area contributed by atoms with Crippen LogP contribution in [0.25, 0.3) is 0 Å². The molecule has 1 atom stereocenters. The van der Waals surface area contributed by atoms with E-state index in [1.807, 2.05) is 6.07 Å². The summed E-state index contributed by atoms with van der Waals surface area (Å²) in [6.07, 6.45) is 9.42. The molecule has 1 heterocycles. The molecule has 2 rings (SSSR count). The Balaban J connectivity index is 1.92. The van der Waals surface area contributed by atoms with Crippen molar-refractivity contribution in [1.29, 1.82) is 0 Å². The second-order valence-electron chi connectivity index (χ2n) is 6.50. The van der Waals surface area contributed by atoms with E-state index in [9.17, 15) is 4.79 Å². The standard InChI is InChI=1S/C19H28N4O2/c1-2-3-4-5-6-8-13-17(16-11-9-7-10-12-16)14-18-20-22-23(21-18)15-19(24)25/h7,9-12,17H,2-6,8,13-15H2,1H3,(H,24,25). The molecule has 6 heteroatoms. The van der Waals surface area contributed by atoms with Gasteiger partial charge in [-0.25, -0.2) is 0 Å². The molecule has 0 saturated heterocycles. The van der Waals surface area contributed by atoms with Gasteiger partial charge in [0.05, 0.1) is 0 Å². The molecule has 0 spiro atoms. The Labute approximate surface area is 149 Å². The summed E-state index contributed by atoms with van der Waals surface area (Å²) in [6, 6.07) is 10.4. The van der Waals surface area contributed by atoms with Crippen molar-refractivity contribution < 1.29 is 9.90 Å². The molecule has 0 aliphatic heterocycles. The second kappa shape index (κ2) is 10.6. The van der Waals surface area contributed by atoms with Crippen molar-refractivity contribution in [2.45, 2.75) is 70.8 Å². The zero-order valence-electron chi connectivity index (χ0n) is 15.0. The third-order valence-electron chi connectivity index (χ3n) is 4.38. The average Bonchev–Trinajstić information content (AvgIpc) is 3.04. The first-order chi connectivity index (χ1) is 12.2. The van der Waals surface area contributed by atoms with Crippen LogP contribution in [0.1, 0.15) is 69.2 Å². The van der Waals surface area contributed by atoms with Crippen molar-refractivity contribution in [2.75, 3.05) is 0 Å². The van der Waals surface area contributed by atoms with Crippen LogP contribution in [0.4, 0.5) is 0 Å². The number of carbonyl (C=O) groups is 1. The van der Waals surface area contributed by atoms with E-state index in [-0.39, 0.29) is 6.54 Å². The largest absolute Gasteiger partial charge is 0.480 e. The monoisotopic (exact) mass is 344 g/mol. The lowest BCUT2D eigenvalue weighted by Crippen LogP contribution is -2.12. The van der Waals surface area contributed by atoms with Gasteiger partial charge in [0.25, 0.3) is 0 Å².